The molecule has 5 fully saturated rings. The number of ether oxygens (including phenoxy) is 1. The number of amides is 1. The molecule has 0 unspecified atom stereocenters. The molecule has 5 saturated carbocycles. The first-order valence-corrected chi connectivity index (χ1v) is 20.8. The summed E-state index contributed by atoms with van der Waals surface area (Å²) in [7, 11) is 0. The van der Waals surface area contributed by atoms with Crippen LogP contribution in [0.1, 0.15) is 157 Å². The fraction of sp³-hybridized carbons (Fsp3) is 0.929. The molecule has 8 atom stereocenters. The third-order valence-corrected chi connectivity index (χ3v) is 15.3. The molecule has 6 rings (SSSR count). The van der Waals surface area contributed by atoms with Crippen molar-refractivity contribution in [3.63, 3.8) is 0 Å². The third kappa shape index (κ3) is 10.7. The predicted octanol–water partition coefficient (Wildman–Crippen LogP) is 10.2. The van der Waals surface area contributed by atoms with Crippen LogP contribution in [-0.2, 0) is 4.74 Å². The van der Waals surface area contributed by atoms with Gasteiger partial charge >= 0.3 is 6.09 Å². The number of unbranched alkanes of at least 4 members (excludes halogenated alkanes) is 1. The van der Waals surface area contributed by atoms with Crippen LogP contribution in [0.5, 0.6) is 0 Å². The van der Waals surface area contributed by atoms with Crippen LogP contribution in [0.25, 0.3) is 0 Å². The van der Waals surface area contributed by atoms with Gasteiger partial charge in [-0.2, -0.15) is 0 Å². The van der Waals surface area contributed by atoms with Crippen molar-refractivity contribution in [2.75, 3.05) is 26.2 Å². The van der Waals surface area contributed by atoms with Crippen LogP contribution in [0.2, 0.25) is 0 Å². The molecule has 51 heavy (non-hydrogen) atoms. The number of hydrogen-bond acceptors (Lipinski definition) is 5. The van der Waals surface area contributed by atoms with E-state index in [1.807, 2.05) is 4.90 Å². The molecule has 0 heterocycles. The summed E-state index contributed by atoms with van der Waals surface area (Å²) in [6.07, 6.45) is 25.3. The number of halogens is 3. The Bertz CT molecular complexity index is 1150. The summed E-state index contributed by atoms with van der Waals surface area (Å²) in [5, 5.41) is 3.56. The molecule has 0 aromatic rings. The first kappa shape index (κ1) is 45.2. The SMILES string of the molecule is CC(C)CCC[C@@H](C)[C@H]1CC[C@H]2[C@@H]3CC=C4C[C@@H](OC(=O)N(CCCCNCCC5(N)CC5)CCC5(N)CC5)CC[C@]4(C)[C@H]3CC[C@]12C.Cl.Cl.Cl. The lowest BCUT2D eigenvalue weighted by Crippen LogP contribution is -2.51. The van der Waals surface area contributed by atoms with Gasteiger partial charge in [0.2, 0.25) is 0 Å². The van der Waals surface area contributed by atoms with Crippen molar-refractivity contribution >= 4 is 43.3 Å². The topological polar surface area (TPSA) is 93.6 Å². The van der Waals surface area contributed by atoms with E-state index in [0.29, 0.717) is 12.0 Å². The van der Waals surface area contributed by atoms with E-state index in [0.717, 1.165) is 113 Å². The number of allylic oxidation sites excluding steroid dienone is 1. The molecular formula is C42H77Cl3N4O2. The summed E-state index contributed by atoms with van der Waals surface area (Å²) < 4.78 is 6.36. The molecule has 0 aromatic heterocycles. The summed E-state index contributed by atoms with van der Waals surface area (Å²) in [6, 6.07) is 0. The predicted molar refractivity (Wildman–Crippen MR) is 220 cm³/mol. The van der Waals surface area contributed by atoms with Crippen molar-refractivity contribution in [3.8, 4) is 0 Å². The highest BCUT2D eigenvalue weighted by Gasteiger charge is 2.59. The van der Waals surface area contributed by atoms with Gasteiger partial charge < -0.3 is 26.4 Å². The molecule has 0 aromatic carbocycles. The van der Waals surface area contributed by atoms with E-state index in [-0.39, 0.29) is 65.9 Å². The molecule has 6 nitrogen and oxygen atoms in total. The molecule has 0 radical (unpaired) electrons. The number of nitrogens with one attached hydrogen (secondary N) is 1. The Morgan fingerprint density at radius 1 is 0.843 bits per heavy atom. The molecule has 0 aliphatic heterocycles. The first-order valence-electron chi connectivity index (χ1n) is 20.8. The summed E-state index contributed by atoms with van der Waals surface area (Å²) in [5.41, 5.74) is 15.2. The van der Waals surface area contributed by atoms with Gasteiger partial charge in [-0.15, -0.1) is 37.2 Å². The maximum atomic E-state index is 13.7. The Labute approximate surface area is 331 Å². The lowest BCUT2D eigenvalue weighted by molar-refractivity contribution is -0.0593. The molecule has 6 aliphatic rings. The van der Waals surface area contributed by atoms with Gasteiger partial charge in [-0.3, -0.25) is 0 Å². The van der Waals surface area contributed by atoms with E-state index in [4.69, 9.17) is 16.2 Å². The minimum atomic E-state index is -0.109. The number of carbonyl (C=O) groups excluding carboxylic acids is 1. The second kappa shape index (κ2) is 18.6. The Morgan fingerprint density at radius 2 is 1.55 bits per heavy atom. The number of nitrogens with two attached hydrogens (primary N) is 2. The smallest absolute Gasteiger partial charge is 0.410 e. The van der Waals surface area contributed by atoms with E-state index in [9.17, 15) is 4.79 Å². The second-order valence-corrected chi connectivity index (χ2v) is 19.2. The van der Waals surface area contributed by atoms with Crippen LogP contribution < -0.4 is 16.8 Å². The van der Waals surface area contributed by atoms with Crippen LogP contribution in [0.3, 0.4) is 0 Å². The van der Waals surface area contributed by atoms with Crippen LogP contribution in [-0.4, -0.2) is 54.4 Å². The van der Waals surface area contributed by atoms with Crippen molar-refractivity contribution in [1.29, 1.82) is 0 Å². The molecule has 6 aliphatic carbocycles. The van der Waals surface area contributed by atoms with Crippen LogP contribution in [0.4, 0.5) is 4.79 Å². The van der Waals surface area contributed by atoms with Crippen LogP contribution in [0.15, 0.2) is 11.6 Å². The molecular weight excluding hydrogens is 699 g/mol. The molecule has 5 N–H and O–H groups in total. The van der Waals surface area contributed by atoms with Gasteiger partial charge in [0.15, 0.2) is 0 Å². The first-order chi connectivity index (χ1) is 22.8. The van der Waals surface area contributed by atoms with Gasteiger partial charge in [-0.05, 0) is 156 Å². The van der Waals surface area contributed by atoms with Crippen molar-refractivity contribution in [2.24, 2.45) is 57.8 Å². The van der Waals surface area contributed by atoms with E-state index in [1.54, 1.807) is 5.57 Å². The molecule has 1 amide bonds. The number of hydrogen-bond donors (Lipinski definition) is 3. The lowest BCUT2D eigenvalue weighted by atomic mass is 9.47. The summed E-state index contributed by atoms with van der Waals surface area (Å²) in [5.74, 6) is 5.11. The number of fused-ring (bicyclic) bond motifs is 5. The van der Waals surface area contributed by atoms with Crippen LogP contribution in [0, 0.1) is 46.3 Å². The van der Waals surface area contributed by atoms with Crippen molar-refractivity contribution in [2.45, 2.75) is 174 Å². The highest BCUT2D eigenvalue weighted by Crippen LogP contribution is 2.67. The summed E-state index contributed by atoms with van der Waals surface area (Å²) >= 11 is 0. The minimum absolute atomic E-state index is 0. The maximum absolute atomic E-state index is 13.7. The van der Waals surface area contributed by atoms with Gasteiger partial charge in [0.05, 0.1) is 0 Å². The van der Waals surface area contributed by atoms with Gasteiger partial charge in [-0.1, -0.05) is 65.5 Å². The van der Waals surface area contributed by atoms with Crippen LogP contribution >= 0.6 is 37.2 Å². The van der Waals surface area contributed by atoms with E-state index in [1.165, 1.54) is 64.2 Å². The lowest BCUT2D eigenvalue weighted by Gasteiger charge is -2.58. The van der Waals surface area contributed by atoms with E-state index >= 15 is 0 Å². The average Bonchev–Trinajstić information content (AvgIpc) is 3.93. The largest absolute Gasteiger partial charge is 0.446 e. The highest BCUT2D eigenvalue weighted by atomic mass is 35.5. The van der Waals surface area contributed by atoms with Gasteiger partial charge in [0, 0.05) is 30.6 Å². The number of carbonyl (C=O) groups is 1. The Balaban J connectivity index is 0.00000234. The highest BCUT2D eigenvalue weighted by molar-refractivity contribution is 5.86. The number of rotatable bonds is 17. The van der Waals surface area contributed by atoms with E-state index in [2.05, 4.69) is 46.0 Å². The Morgan fingerprint density at radius 3 is 2.24 bits per heavy atom. The average molecular weight is 776 g/mol. The zero-order chi connectivity index (χ0) is 34.2. The summed E-state index contributed by atoms with van der Waals surface area (Å²) in [6.45, 7) is 16.1. The molecule has 298 valence electrons. The molecule has 0 saturated heterocycles. The fourth-order valence-electron chi connectivity index (χ4n) is 11.5. The zero-order valence-electron chi connectivity index (χ0n) is 33.0. The monoisotopic (exact) mass is 775 g/mol. The van der Waals surface area contributed by atoms with Crippen molar-refractivity contribution in [1.82, 2.24) is 10.2 Å². The maximum Gasteiger partial charge on any atom is 0.410 e. The van der Waals surface area contributed by atoms with E-state index < -0.39 is 0 Å². The Hall–Kier alpha value is -0.240. The zero-order valence-corrected chi connectivity index (χ0v) is 35.5. The number of nitrogens with zero attached hydrogens (tertiary/aromatic N) is 1. The van der Waals surface area contributed by atoms with Crippen molar-refractivity contribution < 1.29 is 9.53 Å². The van der Waals surface area contributed by atoms with Gasteiger partial charge in [-0.25, -0.2) is 4.79 Å². The second-order valence-electron chi connectivity index (χ2n) is 19.2. The minimum Gasteiger partial charge on any atom is -0.446 e. The van der Waals surface area contributed by atoms with Gasteiger partial charge in [0.25, 0.3) is 0 Å². The molecule has 9 heteroatoms. The molecule has 0 bridgehead atoms. The van der Waals surface area contributed by atoms with Crippen molar-refractivity contribution in [3.05, 3.63) is 11.6 Å². The summed E-state index contributed by atoms with van der Waals surface area (Å²) in [4.78, 5) is 15.6. The standard InChI is InChI=1S/C42H74N4O2.3ClH/c1-30(2)9-8-10-31(3)35-13-14-36-34-12-11-32-29-33(15-17-39(32,4)37(34)16-18-40(35,36)5)48-38(47)46(28-24-42(44)21-22-42)27-7-6-25-45-26-23-41(43)19-20-41;;;/h11,30-31,33-37,45H,6-10,12-29,43-44H2,1-5H3;3*1H/t31-,33+,34+,35-,36+,37+,39+,40-;;;/m1.../s1. The Kier molecular flexibility index (Phi) is 16.5. The fourth-order valence-corrected chi connectivity index (χ4v) is 11.5. The normalized spacial score (nSPS) is 34.3. The molecule has 0 spiro atoms. The van der Waals surface area contributed by atoms with Gasteiger partial charge in [0.1, 0.15) is 6.10 Å². The quantitative estimate of drug-likeness (QED) is 0.101. The third-order valence-electron chi connectivity index (χ3n) is 15.3.